The molecule has 1 aromatic heterocycles. The number of ether oxygens (including phenoxy) is 1. The fourth-order valence-corrected chi connectivity index (χ4v) is 3.46. The lowest BCUT2D eigenvalue weighted by atomic mass is 10.2. The second kappa shape index (κ2) is 8.41. The molecule has 0 amide bonds. The Labute approximate surface area is 157 Å². The average Bonchev–Trinajstić information content (AvgIpc) is 3.02. The van der Waals surface area contributed by atoms with E-state index in [4.69, 9.17) is 16.3 Å². The minimum Gasteiger partial charge on any atom is -0.486 e. The van der Waals surface area contributed by atoms with E-state index in [9.17, 15) is 0 Å². The van der Waals surface area contributed by atoms with E-state index in [1.165, 1.54) is 11.1 Å². The number of nitrogens with zero attached hydrogens (tertiary/aromatic N) is 3. The van der Waals surface area contributed by atoms with Crippen molar-refractivity contribution in [3.05, 3.63) is 70.5 Å². The summed E-state index contributed by atoms with van der Waals surface area (Å²) in [6, 6.07) is 15.9. The van der Waals surface area contributed by atoms with Crippen LogP contribution in [0.5, 0.6) is 5.75 Å². The van der Waals surface area contributed by atoms with Gasteiger partial charge in [-0.05, 0) is 43.7 Å². The minimum absolute atomic E-state index is 0.408. The molecule has 3 rings (SSSR count). The predicted octanol–water partition coefficient (Wildman–Crippen LogP) is 5.13. The van der Waals surface area contributed by atoms with Crippen molar-refractivity contribution < 1.29 is 4.74 Å². The van der Waals surface area contributed by atoms with Crippen molar-refractivity contribution in [2.45, 2.75) is 37.9 Å². The third kappa shape index (κ3) is 4.77. The zero-order valence-electron chi connectivity index (χ0n) is 14.3. The molecule has 0 unspecified atom stereocenters. The van der Waals surface area contributed by atoms with E-state index in [0.717, 1.165) is 34.1 Å². The standard InChI is InChI=1S/C19H20ClN3OS/c1-3-23-18(12-24-17-10-4-14(2)5-11-17)21-22-19(23)25-13-15-6-8-16(20)9-7-15/h4-11H,3,12-13H2,1-2H3. The van der Waals surface area contributed by atoms with E-state index >= 15 is 0 Å². The van der Waals surface area contributed by atoms with Crippen molar-refractivity contribution in [2.24, 2.45) is 0 Å². The van der Waals surface area contributed by atoms with Crippen LogP contribution < -0.4 is 4.74 Å². The number of halogens is 1. The maximum Gasteiger partial charge on any atom is 0.191 e. The molecule has 0 N–H and O–H groups in total. The first-order valence-electron chi connectivity index (χ1n) is 8.14. The number of aromatic nitrogens is 3. The molecule has 0 aliphatic carbocycles. The van der Waals surface area contributed by atoms with Crippen LogP contribution in [0.25, 0.3) is 0 Å². The van der Waals surface area contributed by atoms with Gasteiger partial charge in [0.2, 0.25) is 0 Å². The van der Waals surface area contributed by atoms with Crippen molar-refractivity contribution in [1.82, 2.24) is 14.8 Å². The summed E-state index contributed by atoms with van der Waals surface area (Å²) < 4.78 is 7.92. The Balaban J connectivity index is 1.63. The number of rotatable bonds is 7. The Bertz CT molecular complexity index is 749. The molecule has 0 spiro atoms. The normalized spacial score (nSPS) is 10.8. The summed E-state index contributed by atoms with van der Waals surface area (Å²) in [4.78, 5) is 0. The first-order chi connectivity index (χ1) is 12.2. The van der Waals surface area contributed by atoms with Gasteiger partial charge in [0.05, 0.1) is 0 Å². The fraction of sp³-hybridized carbons (Fsp3) is 0.263. The number of hydrogen-bond acceptors (Lipinski definition) is 4. The van der Waals surface area contributed by atoms with Crippen LogP contribution in [-0.4, -0.2) is 14.8 Å². The predicted molar refractivity (Wildman–Crippen MR) is 102 cm³/mol. The number of benzene rings is 2. The van der Waals surface area contributed by atoms with Gasteiger partial charge >= 0.3 is 0 Å². The van der Waals surface area contributed by atoms with Crippen molar-refractivity contribution in [1.29, 1.82) is 0 Å². The molecule has 0 aliphatic heterocycles. The third-order valence-electron chi connectivity index (χ3n) is 3.78. The Morgan fingerprint density at radius 3 is 2.44 bits per heavy atom. The van der Waals surface area contributed by atoms with E-state index in [1.807, 2.05) is 48.5 Å². The van der Waals surface area contributed by atoms with Crippen LogP contribution in [0.3, 0.4) is 0 Å². The lowest BCUT2D eigenvalue weighted by Crippen LogP contribution is -2.07. The van der Waals surface area contributed by atoms with E-state index in [0.29, 0.717) is 6.61 Å². The molecule has 130 valence electrons. The molecule has 0 saturated heterocycles. The number of thioether (sulfide) groups is 1. The van der Waals surface area contributed by atoms with Crippen LogP contribution in [-0.2, 0) is 18.9 Å². The monoisotopic (exact) mass is 373 g/mol. The Morgan fingerprint density at radius 2 is 1.76 bits per heavy atom. The highest BCUT2D eigenvalue weighted by atomic mass is 35.5. The van der Waals surface area contributed by atoms with Gasteiger partial charge in [-0.1, -0.05) is 53.2 Å². The molecule has 0 aliphatic rings. The summed E-state index contributed by atoms with van der Waals surface area (Å²) in [6.45, 7) is 5.36. The van der Waals surface area contributed by atoms with Crippen molar-refractivity contribution >= 4 is 23.4 Å². The summed E-state index contributed by atoms with van der Waals surface area (Å²) >= 11 is 7.59. The van der Waals surface area contributed by atoms with E-state index < -0.39 is 0 Å². The van der Waals surface area contributed by atoms with Gasteiger partial charge < -0.3 is 9.30 Å². The highest BCUT2D eigenvalue weighted by Crippen LogP contribution is 2.23. The molecule has 4 nitrogen and oxygen atoms in total. The van der Waals surface area contributed by atoms with Gasteiger partial charge in [0, 0.05) is 17.3 Å². The summed E-state index contributed by atoms with van der Waals surface area (Å²) in [7, 11) is 0. The first kappa shape index (κ1) is 17.8. The average molecular weight is 374 g/mol. The summed E-state index contributed by atoms with van der Waals surface area (Å²) in [6.07, 6.45) is 0. The third-order valence-corrected chi connectivity index (χ3v) is 5.07. The zero-order chi connectivity index (χ0) is 17.6. The summed E-state index contributed by atoms with van der Waals surface area (Å²) in [5, 5.41) is 10.3. The highest BCUT2D eigenvalue weighted by molar-refractivity contribution is 7.98. The lowest BCUT2D eigenvalue weighted by molar-refractivity contribution is 0.288. The Kier molecular flexibility index (Phi) is 6.00. The molecule has 0 fully saturated rings. The molecular formula is C19H20ClN3OS. The molecule has 1 heterocycles. The first-order valence-corrected chi connectivity index (χ1v) is 9.51. The van der Waals surface area contributed by atoms with Crippen LogP contribution >= 0.6 is 23.4 Å². The van der Waals surface area contributed by atoms with E-state index in [2.05, 4.69) is 28.6 Å². The van der Waals surface area contributed by atoms with Crippen LogP contribution in [0.4, 0.5) is 0 Å². The van der Waals surface area contributed by atoms with Crippen molar-refractivity contribution in [3.8, 4) is 5.75 Å². The number of aryl methyl sites for hydroxylation is 1. The highest BCUT2D eigenvalue weighted by Gasteiger charge is 2.12. The topological polar surface area (TPSA) is 39.9 Å². The second-order valence-electron chi connectivity index (χ2n) is 5.66. The smallest absolute Gasteiger partial charge is 0.191 e. The van der Waals surface area contributed by atoms with Gasteiger partial charge in [0.15, 0.2) is 11.0 Å². The second-order valence-corrected chi connectivity index (χ2v) is 7.04. The molecule has 0 bridgehead atoms. The molecule has 25 heavy (non-hydrogen) atoms. The molecule has 0 saturated carbocycles. The molecular weight excluding hydrogens is 354 g/mol. The Hall–Kier alpha value is -1.98. The van der Waals surface area contributed by atoms with Crippen LogP contribution in [0, 0.1) is 6.92 Å². The minimum atomic E-state index is 0.408. The quantitative estimate of drug-likeness (QED) is 0.538. The van der Waals surface area contributed by atoms with Crippen molar-refractivity contribution in [2.75, 3.05) is 0 Å². The van der Waals surface area contributed by atoms with E-state index in [1.54, 1.807) is 11.8 Å². The summed E-state index contributed by atoms with van der Waals surface area (Å²) in [5.74, 6) is 2.50. The largest absolute Gasteiger partial charge is 0.486 e. The van der Waals surface area contributed by atoms with Gasteiger partial charge in [-0.3, -0.25) is 0 Å². The van der Waals surface area contributed by atoms with Crippen molar-refractivity contribution in [3.63, 3.8) is 0 Å². The maximum atomic E-state index is 5.93. The maximum absolute atomic E-state index is 5.93. The molecule has 3 aromatic rings. The van der Waals surface area contributed by atoms with Gasteiger partial charge in [-0.25, -0.2) is 0 Å². The zero-order valence-corrected chi connectivity index (χ0v) is 15.8. The van der Waals surface area contributed by atoms with Crippen LogP contribution in [0.15, 0.2) is 53.7 Å². The SMILES string of the molecule is CCn1c(COc2ccc(C)cc2)nnc1SCc1ccc(Cl)cc1. The molecule has 0 radical (unpaired) electrons. The van der Waals surface area contributed by atoms with Crippen LogP contribution in [0.2, 0.25) is 5.02 Å². The van der Waals surface area contributed by atoms with E-state index in [-0.39, 0.29) is 0 Å². The fourth-order valence-electron chi connectivity index (χ4n) is 2.36. The lowest BCUT2D eigenvalue weighted by Gasteiger charge is -2.09. The van der Waals surface area contributed by atoms with Gasteiger partial charge in [0.25, 0.3) is 0 Å². The van der Waals surface area contributed by atoms with Gasteiger partial charge in [0.1, 0.15) is 12.4 Å². The van der Waals surface area contributed by atoms with Gasteiger partial charge in [-0.2, -0.15) is 0 Å². The molecule has 2 aromatic carbocycles. The number of hydrogen-bond donors (Lipinski definition) is 0. The summed E-state index contributed by atoms with van der Waals surface area (Å²) in [5.41, 5.74) is 2.42. The van der Waals surface area contributed by atoms with Crippen LogP contribution in [0.1, 0.15) is 23.9 Å². The molecule has 6 heteroatoms. The molecule has 0 atom stereocenters. The van der Waals surface area contributed by atoms with Gasteiger partial charge in [-0.15, -0.1) is 10.2 Å². The Morgan fingerprint density at radius 1 is 1.04 bits per heavy atom.